The highest BCUT2D eigenvalue weighted by Gasteiger charge is 2.33. The number of unbranched alkanes of at least 4 members (excludes halogenated alkanes) is 7. The largest absolute Gasteiger partial charge is 0.359 e. The van der Waals surface area contributed by atoms with E-state index in [0.29, 0.717) is 17.0 Å². The van der Waals surface area contributed by atoms with Gasteiger partial charge in [-0.3, -0.25) is 9.59 Å². The summed E-state index contributed by atoms with van der Waals surface area (Å²) in [5.74, 6) is 2.06. The molecular formula is C19H35NO2S. The molecule has 3 nitrogen and oxygen atoms in total. The first-order chi connectivity index (χ1) is 11.3. The van der Waals surface area contributed by atoms with Crippen molar-refractivity contribution >= 4 is 24.0 Å². The molecule has 2 unspecified atom stereocenters. The lowest BCUT2D eigenvalue weighted by molar-refractivity contribution is -0.120. The lowest BCUT2D eigenvalue weighted by Crippen LogP contribution is -2.17. The molecule has 4 heteroatoms. The van der Waals surface area contributed by atoms with Crippen molar-refractivity contribution in [1.29, 1.82) is 0 Å². The molecule has 0 aromatic carbocycles. The van der Waals surface area contributed by atoms with Gasteiger partial charge in [0, 0.05) is 24.1 Å². The van der Waals surface area contributed by atoms with Crippen molar-refractivity contribution in [3.8, 4) is 0 Å². The minimum atomic E-state index is 0.323. The molecule has 0 aromatic rings. The third-order valence-corrected chi connectivity index (χ3v) is 6.30. The highest BCUT2D eigenvalue weighted by Crippen LogP contribution is 2.36. The van der Waals surface area contributed by atoms with Crippen LogP contribution in [0, 0.1) is 5.92 Å². The minimum Gasteiger partial charge on any atom is -0.359 e. The van der Waals surface area contributed by atoms with E-state index < -0.39 is 0 Å². The van der Waals surface area contributed by atoms with E-state index in [1.807, 2.05) is 0 Å². The summed E-state index contributed by atoms with van der Waals surface area (Å²) >= 11 is 2.06. The number of thioether (sulfide) groups is 1. The summed E-state index contributed by atoms with van der Waals surface area (Å²) in [5, 5.41) is 3.29. The second-order valence-electron chi connectivity index (χ2n) is 6.71. The zero-order chi connectivity index (χ0) is 16.8. The zero-order valence-electron chi connectivity index (χ0n) is 14.9. The second-order valence-corrected chi connectivity index (χ2v) is 8.06. The lowest BCUT2D eigenvalue weighted by atomic mass is 9.98. The fraction of sp³-hybridized carbons (Fsp3) is 0.895. The van der Waals surface area contributed by atoms with Crippen LogP contribution in [-0.2, 0) is 9.59 Å². The summed E-state index contributed by atoms with van der Waals surface area (Å²) in [7, 11) is 0. The van der Waals surface area contributed by atoms with Gasteiger partial charge in [-0.15, -0.1) is 0 Å². The normalized spacial score (nSPS) is 20.8. The Kier molecular flexibility index (Phi) is 12.4. The van der Waals surface area contributed by atoms with E-state index in [1.165, 1.54) is 44.3 Å². The Hall–Kier alpha value is -0.510. The van der Waals surface area contributed by atoms with Crippen LogP contribution in [0.15, 0.2) is 0 Å². The Morgan fingerprint density at radius 2 is 1.83 bits per heavy atom. The van der Waals surface area contributed by atoms with Crippen molar-refractivity contribution in [2.24, 2.45) is 5.92 Å². The second kappa shape index (κ2) is 13.9. The van der Waals surface area contributed by atoms with E-state index >= 15 is 0 Å². The van der Waals surface area contributed by atoms with E-state index in [1.54, 1.807) is 0 Å². The predicted octanol–water partition coefficient (Wildman–Crippen LogP) is 4.73. The van der Waals surface area contributed by atoms with Crippen molar-refractivity contribution in [1.82, 2.24) is 5.32 Å². The molecule has 0 aromatic heterocycles. The summed E-state index contributed by atoms with van der Waals surface area (Å²) < 4.78 is 0. The monoisotopic (exact) mass is 341 g/mol. The maximum absolute atomic E-state index is 12.1. The summed E-state index contributed by atoms with van der Waals surface area (Å²) in [4.78, 5) is 22.3. The summed E-state index contributed by atoms with van der Waals surface area (Å²) in [6, 6.07) is 0. The van der Waals surface area contributed by atoms with Gasteiger partial charge in [-0.1, -0.05) is 51.9 Å². The molecule has 0 bridgehead atoms. The molecule has 1 aliphatic carbocycles. The predicted molar refractivity (Wildman–Crippen MR) is 99.9 cm³/mol. The van der Waals surface area contributed by atoms with Crippen molar-refractivity contribution in [2.45, 2.75) is 89.2 Å². The van der Waals surface area contributed by atoms with E-state index in [4.69, 9.17) is 0 Å². The third-order valence-electron chi connectivity index (χ3n) is 4.79. The Balaban J connectivity index is 2.08. The molecule has 1 saturated carbocycles. The highest BCUT2D eigenvalue weighted by molar-refractivity contribution is 7.99. The van der Waals surface area contributed by atoms with E-state index in [-0.39, 0.29) is 0 Å². The molecule has 1 aliphatic rings. The lowest BCUT2D eigenvalue weighted by Gasteiger charge is -2.18. The van der Waals surface area contributed by atoms with Crippen LogP contribution in [0.4, 0.5) is 0 Å². The fourth-order valence-electron chi connectivity index (χ4n) is 3.37. The summed E-state index contributed by atoms with van der Waals surface area (Å²) in [5.41, 5.74) is 0. The van der Waals surface area contributed by atoms with E-state index in [9.17, 15) is 9.59 Å². The van der Waals surface area contributed by atoms with Crippen LogP contribution in [0.1, 0.15) is 84.0 Å². The summed E-state index contributed by atoms with van der Waals surface area (Å²) in [6.45, 7) is 3.03. The summed E-state index contributed by atoms with van der Waals surface area (Å²) in [6.07, 6.45) is 15.0. The number of hydrogen-bond donors (Lipinski definition) is 1. The number of nitrogens with one attached hydrogen (secondary N) is 1. The smallest absolute Gasteiger partial charge is 0.207 e. The van der Waals surface area contributed by atoms with Crippen LogP contribution in [0.5, 0.6) is 0 Å². The van der Waals surface area contributed by atoms with Crippen molar-refractivity contribution in [3.63, 3.8) is 0 Å². The number of rotatable bonds is 15. The first-order valence-electron chi connectivity index (χ1n) is 9.61. The number of hydrogen-bond acceptors (Lipinski definition) is 3. The number of Topliss-reactive ketones (excluding diaryl/α,β-unsaturated/α-hetero) is 1. The van der Waals surface area contributed by atoms with Gasteiger partial charge in [-0.2, -0.15) is 11.8 Å². The average Bonchev–Trinajstić information content (AvgIpc) is 2.90. The van der Waals surface area contributed by atoms with Crippen LogP contribution >= 0.6 is 11.8 Å². The van der Waals surface area contributed by atoms with Gasteiger partial charge in [0.05, 0.1) is 0 Å². The van der Waals surface area contributed by atoms with E-state index in [2.05, 4.69) is 24.0 Å². The number of carbonyl (C=O) groups excluding carboxylic acids is 2. The van der Waals surface area contributed by atoms with E-state index in [0.717, 1.165) is 51.5 Å². The maximum atomic E-state index is 12.1. The molecule has 23 heavy (non-hydrogen) atoms. The average molecular weight is 342 g/mol. The Labute approximate surface area is 146 Å². The molecule has 0 spiro atoms. The quantitative estimate of drug-likeness (QED) is 0.346. The first-order valence-corrected chi connectivity index (χ1v) is 10.7. The van der Waals surface area contributed by atoms with Crippen LogP contribution in [0.2, 0.25) is 0 Å². The molecule has 0 heterocycles. The van der Waals surface area contributed by atoms with Crippen LogP contribution in [0.3, 0.4) is 0 Å². The first kappa shape index (κ1) is 20.5. The Morgan fingerprint density at radius 1 is 1.09 bits per heavy atom. The van der Waals surface area contributed by atoms with Gasteiger partial charge in [0.25, 0.3) is 0 Å². The van der Waals surface area contributed by atoms with Gasteiger partial charge in [0.1, 0.15) is 5.78 Å². The molecule has 1 amide bonds. The van der Waals surface area contributed by atoms with Crippen LogP contribution in [0.25, 0.3) is 0 Å². The molecule has 1 N–H and O–H groups in total. The van der Waals surface area contributed by atoms with Crippen molar-refractivity contribution in [2.75, 3.05) is 12.3 Å². The molecule has 0 aliphatic heterocycles. The van der Waals surface area contributed by atoms with Crippen molar-refractivity contribution in [3.05, 3.63) is 0 Å². The topological polar surface area (TPSA) is 46.2 Å². The number of ketones is 1. The Bertz CT molecular complexity index is 322. The van der Waals surface area contributed by atoms with Gasteiger partial charge in [-0.05, 0) is 31.4 Å². The van der Waals surface area contributed by atoms with Gasteiger partial charge >= 0.3 is 0 Å². The molecule has 1 fully saturated rings. The molecule has 1 rings (SSSR count). The molecule has 2 atom stereocenters. The third kappa shape index (κ3) is 9.39. The van der Waals surface area contributed by atoms with Gasteiger partial charge in [-0.25, -0.2) is 0 Å². The van der Waals surface area contributed by atoms with Crippen molar-refractivity contribution < 1.29 is 9.59 Å². The Morgan fingerprint density at radius 3 is 2.61 bits per heavy atom. The van der Waals surface area contributed by atoms with Crippen LogP contribution in [-0.4, -0.2) is 29.7 Å². The van der Waals surface area contributed by atoms with Gasteiger partial charge in [0.15, 0.2) is 0 Å². The maximum Gasteiger partial charge on any atom is 0.207 e. The highest BCUT2D eigenvalue weighted by atomic mass is 32.2. The molecule has 0 saturated heterocycles. The zero-order valence-corrected chi connectivity index (χ0v) is 15.7. The minimum absolute atomic E-state index is 0.323. The SMILES string of the molecule is CCCCCCCSC1CCC(=O)C1CCCCCCNC=O. The van der Waals surface area contributed by atoms with Crippen LogP contribution < -0.4 is 5.32 Å². The number of carbonyl (C=O) groups is 2. The standard InChI is InChI=1S/C19H35NO2S/c1-2-3-4-7-10-15-23-19-13-12-18(22)17(19)11-8-5-6-9-14-20-16-21/h16-17,19H,2-15H2,1H3,(H,20,21). The molecular weight excluding hydrogens is 306 g/mol. The van der Waals surface area contributed by atoms with Gasteiger partial charge < -0.3 is 5.32 Å². The fourth-order valence-corrected chi connectivity index (χ4v) is 4.85. The molecule has 134 valence electrons. The molecule has 0 radical (unpaired) electrons. The van der Waals surface area contributed by atoms with Gasteiger partial charge in [0.2, 0.25) is 6.41 Å². The number of amides is 1.